The average Bonchev–Trinajstić information content (AvgIpc) is 3.42. The lowest BCUT2D eigenvalue weighted by Crippen LogP contribution is -2.30. The molecule has 0 saturated carbocycles. The summed E-state index contributed by atoms with van der Waals surface area (Å²) >= 11 is 0. The maximum atomic E-state index is 12.9. The van der Waals surface area contributed by atoms with E-state index in [1.54, 1.807) is 0 Å². The van der Waals surface area contributed by atoms with Crippen LogP contribution in [-0.2, 0) is 28.6 Å². The minimum Gasteiger partial charge on any atom is -0.462 e. The molecule has 6 nitrogen and oxygen atoms in total. The van der Waals surface area contributed by atoms with Crippen LogP contribution in [0.2, 0.25) is 0 Å². The topological polar surface area (TPSA) is 78.9 Å². The third kappa shape index (κ3) is 62.7. The van der Waals surface area contributed by atoms with Gasteiger partial charge < -0.3 is 14.2 Å². The second kappa shape index (κ2) is 65.4. The molecule has 0 fully saturated rings. The molecule has 0 aromatic heterocycles. The first kappa shape index (κ1) is 73.9. The summed E-state index contributed by atoms with van der Waals surface area (Å²) in [7, 11) is 0. The minimum atomic E-state index is -0.771. The summed E-state index contributed by atoms with van der Waals surface area (Å²) in [6.07, 6.45) is 79.4. The van der Waals surface area contributed by atoms with Gasteiger partial charge in [0.15, 0.2) is 6.10 Å². The van der Waals surface area contributed by atoms with Gasteiger partial charge in [0.05, 0.1) is 0 Å². The first-order chi connectivity index (χ1) is 37.5. The van der Waals surface area contributed by atoms with Crippen molar-refractivity contribution in [2.24, 2.45) is 0 Å². The van der Waals surface area contributed by atoms with Crippen molar-refractivity contribution in [3.05, 3.63) is 24.3 Å². The van der Waals surface area contributed by atoms with Gasteiger partial charge >= 0.3 is 17.9 Å². The summed E-state index contributed by atoms with van der Waals surface area (Å²) in [4.78, 5) is 38.2. The molecule has 0 aromatic rings. The van der Waals surface area contributed by atoms with Gasteiger partial charge in [-0.1, -0.05) is 340 Å². The molecule has 0 aliphatic rings. The molecule has 0 radical (unpaired) electrons. The van der Waals surface area contributed by atoms with E-state index in [2.05, 4.69) is 45.1 Å². The quantitative estimate of drug-likeness (QED) is 0.0261. The fraction of sp³-hybridized carbons (Fsp3) is 0.900. The zero-order valence-electron chi connectivity index (χ0n) is 51.6. The second-order valence-electron chi connectivity index (χ2n) is 23.5. The summed E-state index contributed by atoms with van der Waals surface area (Å²) in [5.41, 5.74) is 0. The highest BCUT2D eigenvalue weighted by Crippen LogP contribution is 2.19. The van der Waals surface area contributed by atoms with Gasteiger partial charge in [0.25, 0.3) is 0 Å². The Kier molecular flexibility index (Phi) is 63.6. The molecule has 0 spiro atoms. The highest BCUT2D eigenvalue weighted by atomic mass is 16.6. The number of hydrogen-bond acceptors (Lipinski definition) is 6. The maximum absolute atomic E-state index is 12.9. The summed E-state index contributed by atoms with van der Waals surface area (Å²) in [6, 6.07) is 0. The van der Waals surface area contributed by atoms with Crippen molar-refractivity contribution in [3.8, 4) is 0 Å². The van der Waals surface area contributed by atoms with Crippen molar-refractivity contribution in [1.29, 1.82) is 0 Å². The molecule has 6 heteroatoms. The Morgan fingerprint density at radius 2 is 0.474 bits per heavy atom. The third-order valence-electron chi connectivity index (χ3n) is 15.7. The Balaban J connectivity index is 4.04. The molecule has 0 aromatic carbocycles. The molecule has 0 heterocycles. The van der Waals surface area contributed by atoms with Crippen molar-refractivity contribution in [3.63, 3.8) is 0 Å². The van der Waals surface area contributed by atoms with Crippen LogP contribution in [0.4, 0.5) is 0 Å². The first-order valence-electron chi connectivity index (χ1n) is 34.3. The Bertz CT molecular complexity index is 1230. The molecule has 0 aliphatic heterocycles. The Hall–Kier alpha value is -2.11. The van der Waals surface area contributed by atoms with E-state index in [1.165, 1.54) is 276 Å². The predicted octanol–water partition coefficient (Wildman–Crippen LogP) is 23.4. The highest BCUT2D eigenvalue weighted by molar-refractivity contribution is 5.71. The van der Waals surface area contributed by atoms with Gasteiger partial charge in [-0.25, -0.2) is 0 Å². The summed E-state index contributed by atoms with van der Waals surface area (Å²) in [6.45, 7) is 6.66. The van der Waals surface area contributed by atoms with Gasteiger partial charge in [-0.15, -0.1) is 0 Å². The highest BCUT2D eigenvalue weighted by Gasteiger charge is 2.19. The number of carbonyl (C=O) groups is 3. The zero-order valence-corrected chi connectivity index (χ0v) is 51.6. The molecule has 1 atom stereocenters. The van der Waals surface area contributed by atoms with E-state index in [0.29, 0.717) is 19.3 Å². The molecule has 1 unspecified atom stereocenters. The number of esters is 3. The van der Waals surface area contributed by atoms with Gasteiger partial charge in [-0.2, -0.15) is 0 Å². The largest absolute Gasteiger partial charge is 0.462 e. The monoisotopic (exact) mass is 1070 g/mol. The smallest absolute Gasteiger partial charge is 0.306 e. The molecule has 0 rings (SSSR count). The van der Waals surface area contributed by atoms with Crippen molar-refractivity contribution in [2.45, 2.75) is 393 Å². The number of unbranched alkanes of at least 4 members (excludes halogenated alkanes) is 49. The van der Waals surface area contributed by atoms with Gasteiger partial charge in [0, 0.05) is 19.3 Å². The number of allylic oxidation sites excluding steroid dienone is 4. The van der Waals surface area contributed by atoms with Crippen LogP contribution in [0.15, 0.2) is 24.3 Å². The van der Waals surface area contributed by atoms with E-state index in [4.69, 9.17) is 14.2 Å². The molecule has 0 aliphatic carbocycles. The van der Waals surface area contributed by atoms with Gasteiger partial charge in [0.2, 0.25) is 0 Å². The first-order valence-corrected chi connectivity index (χ1v) is 34.3. The van der Waals surface area contributed by atoms with E-state index in [0.717, 1.165) is 70.6 Å². The van der Waals surface area contributed by atoms with E-state index in [-0.39, 0.29) is 31.1 Å². The van der Waals surface area contributed by atoms with Crippen LogP contribution in [0.25, 0.3) is 0 Å². The van der Waals surface area contributed by atoms with Crippen LogP contribution in [0.1, 0.15) is 387 Å². The predicted molar refractivity (Wildman–Crippen MR) is 330 cm³/mol. The van der Waals surface area contributed by atoms with Gasteiger partial charge in [0.1, 0.15) is 13.2 Å². The average molecular weight is 1070 g/mol. The van der Waals surface area contributed by atoms with E-state index >= 15 is 0 Å². The van der Waals surface area contributed by atoms with Crippen LogP contribution in [0.3, 0.4) is 0 Å². The number of rotatable bonds is 64. The summed E-state index contributed by atoms with van der Waals surface area (Å²) in [5, 5.41) is 0. The Labute approximate surface area is 474 Å². The maximum Gasteiger partial charge on any atom is 0.306 e. The molecular weight excluding hydrogens is 937 g/mol. The van der Waals surface area contributed by atoms with Gasteiger partial charge in [-0.05, 0) is 51.4 Å². The normalized spacial score (nSPS) is 12.1. The van der Waals surface area contributed by atoms with Gasteiger partial charge in [-0.3, -0.25) is 14.4 Å². The second-order valence-corrected chi connectivity index (χ2v) is 23.5. The van der Waals surface area contributed by atoms with Crippen molar-refractivity contribution < 1.29 is 28.6 Å². The molecule has 0 saturated heterocycles. The van der Waals surface area contributed by atoms with Crippen molar-refractivity contribution in [1.82, 2.24) is 0 Å². The van der Waals surface area contributed by atoms with Crippen LogP contribution in [0.5, 0.6) is 0 Å². The lowest BCUT2D eigenvalue weighted by atomic mass is 10.0. The summed E-state index contributed by atoms with van der Waals surface area (Å²) < 4.78 is 16.9. The Morgan fingerprint density at radius 3 is 0.737 bits per heavy atom. The van der Waals surface area contributed by atoms with Crippen LogP contribution in [-0.4, -0.2) is 37.2 Å². The lowest BCUT2D eigenvalue weighted by molar-refractivity contribution is -0.167. The molecule has 76 heavy (non-hydrogen) atoms. The van der Waals surface area contributed by atoms with Crippen molar-refractivity contribution in [2.75, 3.05) is 13.2 Å². The molecular formula is C70H132O6. The number of carbonyl (C=O) groups excluding carboxylic acids is 3. The van der Waals surface area contributed by atoms with Crippen LogP contribution < -0.4 is 0 Å². The summed E-state index contributed by atoms with van der Waals surface area (Å²) in [5.74, 6) is -0.854. The number of ether oxygens (including phenoxy) is 3. The van der Waals surface area contributed by atoms with E-state index < -0.39 is 6.10 Å². The molecule has 0 amide bonds. The van der Waals surface area contributed by atoms with Crippen molar-refractivity contribution >= 4 is 17.9 Å². The fourth-order valence-electron chi connectivity index (χ4n) is 10.5. The van der Waals surface area contributed by atoms with Crippen LogP contribution in [0, 0.1) is 0 Å². The molecule has 0 N–H and O–H groups in total. The standard InChI is InChI=1S/C70H132O6/c1-4-7-10-13-16-19-21-23-25-27-29-30-31-32-33-34-35-36-37-38-39-40-41-43-44-46-48-51-54-57-60-63-69(72)75-66-67(65-74-68(71)62-59-56-53-50-18-15-12-9-6-3)76-70(73)64-61-58-55-52-49-47-45-42-28-26-24-22-20-17-14-11-8-5-2/h20,22,26,28,67H,4-19,21,23-25,27,29-66H2,1-3H3/b22-20-,28-26-. The molecule has 448 valence electrons. The third-order valence-corrected chi connectivity index (χ3v) is 15.7. The lowest BCUT2D eigenvalue weighted by Gasteiger charge is -2.18. The van der Waals surface area contributed by atoms with E-state index in [1.807, 2.05) is 0 Å². The SMILES string of the molecule is CCCCCC/C=C\C/C=C\CCCCCCCCCC(=O)OC(COC(=O)CCCCCCCCCCC)COC(=O)CCCCCCCCCCCCCCCCCCCCCCCCCCCCCCCCC. The fourth-order valence-corrected chi connectivity index (χ4v) is 10.5. The van der Waals surface area contributed by atoms with Crippen LogP contribution >= 0.6 is 0 Å². The Morgan fingerprint density at radius 1 is 0.263 bits per heavy atom. The molecule has 0 bridgehead atoms. The minimum absolute atomic E-state index is 0.0689. The zero-order chi connectivity index (χ0) is 55.0. The number of hydrogen-bond donors (Lipinski definition) is 0. The van der Waals surface area contributed by atoms with E-state index in [9.17, 15) is 14.4 Å².